The maximum atomic E-state index is 11.5. The Morgan fingerprint density at radius 1 is 0.923 bits per heavy atom. The predicted octanol–water partition coefficient (Wildman–Crippen LogP) is 2.58. The Morgan fingerprint density at radius 3 is 1.15 bits per heavy atom. The van der Waals surface area contributed by atoms with Crippen molar-refractivity contribution in [2.75, 3.05) is 0 Å². The highest BCUT2D eigenvalue weighted by Crippen LogP contribution is 2.48. The van der Waals surface area contributed by atoms with Crippen molar-refractivity contribution in [1.82, 2.24) is 0 Å². The van der Waals surface area contributed by atoms with E-state index in [0.29, 0.717) is 0 Å². The maximum absolute atomic E-state index is 11.5. The van der Waals surface area contributed by atoms with Crippen molar-refractivity contribution >= 4 is 17.6 Å². The highest BCUT2D eigenvalue weighted by Gasteiger charge is 2.75. The van der Waals surface area contributed by atoms with Crippen LogP contribution < -0.4 is 0 Å². The number of carbonyl (C=O) groups excluding carboxylic acids is 1. The summed E-state index contributed by atoms with van der Waals surface area (Å²) in [6.45, 7) is 0. The lowest BCUT2D eigenvalue weighted by molar-refractivity contribution is -0.263. The maximum Gasteiger partial charge on any atom is 0.426 e. The molecule has 0 N–H and O–H groups in total. The van der Waals surface area contributed by atoms with Gasteiger partial charge in [-0.05, 0) is 0 Å². The lowest BCUT2D eigenvalue weighted by atomic mass is 10.1. The largest absolute Gasteiger partial charge is 0.426 e. The van der Waals surface area contributed by atoms with Crippen molar-refractivity contribution in [1.29, 1.82) is 0 Å². The Labute approximate surface area is 71.5 Å². The summed E-state index contributed by atoms with van der Waals surface area (Å²) in [6.07, 6.45) is -12.4. The summed E-state index contributed by atoms with van der Waals surface area (Å²) in [5.41, 5.74) is 0. The zero-order valence-electron chi connectivity index (χ0n) is 5.43. The molecule has 0 radical (unpaired) electrons. The molecule has 0 rings (SSSR count). The molecule has 0 aliphatic carbocycles. The molecule has 0 saturated heterocycles. The average Bonchev–Trinajstić information content (AvgIpc) is 1.80. The SMILES string of the molecule is O=C(F)C(Cl)(C(F)(F)F)C(F)(F)F. The van der Waals surface area contributed by atoms with E-state index in [1.807, 2.05) is 0 Å². The van der Waals surface area contributed by atoms with Crippen LogP contribution in [0.15, 0.2) is 0 Å². The van der Waals surface area contributed by atoms with Gasteiger partial charge in [-0.3, -0.25) is 4.79 Å². The van der Waals surface area contributed by atoms with E-state index >= 15 is 0 Å². The number of hydrogen-bond acceptors (Lipinski definition) is 1. The summed E-state index contributed by atoms with van der Waals surface area (Å²) in [5.74, 6) is 0. The summed E-state index contributed by atoms with van der Waals surface area (Å²) in [7, 11) is 0. The van der Waals surface area contributed by atoms with E-state index in [1.165, 1.54) is 0 Å². The number of alkyl halides is 7. The molecule has 0 bridgehead atoms. The molecule has 13 heavy (non-hydrogen) atoms. The van der Waals surface area contributed by atoms with E-state index in [2.05, 4.69) is 11.6 Å². The molecule has 0 spiro atoms. The minimum atomic E-state index is -6.22. The molecule has 78 valence electrons. The van der Waals surface area contributed by atoms with Gasteiger partial charge >= 0.3 is 23.3 Å². The van der Waals surface area contributed by atoms with E-state index < -0.39 is 23.3 Å². The molecular weight excluding hydrogens is 232 g/mol. The minimum Gasteiger partial charge on any atom is -0.258 e. The fourth-order valence-corrected chi connectivity index (χ4v) is 0.384. The van der Waals surface area contributed by atoms with Crippen molar-refractivity contribution in [2.45, 2.75) is 17.2 Å². The monoisotopic (exact) mass is 232 g/mol. The van der Waals surface area contributed by atoms with Gasteiger partial charge in [-0.25, -0.2) is 0 Å². The van der Waals surface area contributed by atoms with Crippen LogP contribution in [0.1, 0.15) is 0 Å². The zero-order chi connectivity index (χ0) is 11.1. The van der Waals surface area contributed by atoms with Crippen LogP contribution in [0.2, 0.25) is 0 Å². The highest BCUT2D eigenvalue weighted by atomic mass is 35.5. The Morgan fingerprint density at radius 2 is 1.15 bits per heavy atom. The minimum absolute atomic E-state index is 3.70. The van der Waals surface area contributed by atoms with Crippen LogP contribution in [0, 0.1) is 0 Å². The van der Waals surface area contributed by atoms with Crippen LogP contribution >= 0.6 is 11.6 Å². The predicted molar refractivity (Wildman–Crippen MR) is 26.8 cm³/mol. The first-order valence-electron chi connectivity index (χ1n) is 2.47. The Bertz CT molecular complexity index is 202. The third-order valence-electron chi connectivity index (χ3n) is 1.05. The molecule has 0 aliphatic rings. The van der Waals surface area contributed by atoms with Gasteiger partial charge in [0.1, 0.15) is 0 Å². The number of rotatable bonds is 1. The summed E-state index contributed by atoms with van der Waals surface area (Å²) < 4.78 is 80.8. The Kier molecular flexibility index (Phi) is 2.88. The molecular formula is C4ClF7O. The van der Waals surface area contributed by atoms with Crippen molar-refractivity contribution in [2.24, 2.45) is 0 Å². The Hall–Kier alpha value is -0.530. The fourth-order valence-electron chi connectivity index (χ4n) is 0.384. The third kappa shape index (κ3) is 1.87. The summed E-state index contributed by atoms with van der Waals surface area (Å²) >= 11 is 3.85. The zero-order valence-corrected chi connectivity index (χ0v) is 6.19. The third-order valence-corrected chi connectivity index (χ3v) is 1.63. The molecule has 0 aromatic rings. The summed E-state index contributed by atoms with van der Waals surface area (Å²) in [5, 5.41) is 0. The second kappa shape index (κ2) is 3.00. The average molecular weight is 232 g/mol. The second-order valence-electron chi connectivity index (χ2n) is 1.93. The quantitative estimate of drug-likeness (QED) is 0.386. The van der Waals surface area contributed by atoms with Crippen molar-refractivity contribution in [3.63, 3.8) is 0 Å². The first kappa shape index (κ1) is 12.5. The van der Waals surface area contributed by atoms with Gasteiger partial charge in [0.25, 0.3) is 0 Å². The molecule has 0 unspecified atom stereocenters. The van der Waals surface area contributed by atoms with Crippen LogP contribution in [0.5, 0.6) is 0 Å². The first-order valence-corrected chi connectivity index (χ1v) is 2.84. The fraction of sp³-hybridized carbons (Fsp3) is 0.750. The lowest BCUT2D eigenvalue weighted by Gasteiger charge is -2.26. The van der Waals surface area contributed by atoms with Gasteiger partial charge in [0.15, 0.2) is 0 Å². The first-order chi connectivity index (χ1) is 5.44. The molecule has 0 aromatic heterocycles. The van der Waals surface area contributed by atoms with Crippen LogP contribution in [0.25, 0.3) is 0 Å². The summed E-state index contributed by atoms with van der Waals surface area (Å²) in [4.78, 5) is 4.06. The molecule has 0 aromatic carbocycles. The molecule has 0 aliphatic heterocycles. The van der Waals surface area contributed by atoms with Gasteiger partial charge in [-0.1, -0.05) is 11.6 Å². The van der Waals surface area contributed by atoms with Crippen LogP contribution in [0.4, 0.5) is 30.7 Å². The molecule has 0 fully saturated rings. The van der Waals surface area contributed by atoms with Crippen molar-refractivity contribution in [3.8, 4) is 0 Å². The van der Waals surface area contributed by atoms with Gasteiger partial charge < -0.3 is 0 Å². The smallest absolute Gasteiger partial charge is 0.258 e. The van der Waals surface area contributed by atoms with E-state index in [0.717, 1.165) is 0 Å². The second-order valence-corrected chi connectivity index (χ2v) is 2.49. The number of hydrogen-bond donors (Lipinski definition) is 0. The number of carbonyl (C=O) groups is 1. The number of halogens is 8. The standard InChI is InChI=1S/C4ClF7O/c5-2(1(6)13,3(7,8)9)4(10,11)12. The molecule has 0 saturated carbocycles. The van der Waals surface area contributed by atoms with E-state index in [9.17, 15) is 35.5 Å². The van der Waals surface area contributed by atoms with Crippen LogP contribution in [-0.2, 0) is 4.79 Å². The van der Waals surface area contributed by atoms with E-state index in [4.69, 9.17) is 0 Å². The van der Waals surface area contributed by atoms with Gasteiger partial charge in [0.2, 0.25) is 0 Å². The van der Waals surface area contributed by atoms with E-state index in [-0.39, 0.29) is 0 Å². The van der Waals surface area contributed by atoms with Gasteiger partial charge in [-0.2, -0.15) is 30.7 Å². The Balaban J connectivity index is 5.35. The topological polar surface area (TPSA) is 17.1 Å². The van der Waals surface area contributed by atoms with Crippen molar-refractivity contribution in [3.05, 3.63) is 0 Å². The van der Waals surface area contributed by atoms with Gasteiger partial charge in [-0.15, -0.1) is 0 Å². The molecule has 9 heteroatoms. The molecule has 0 heterocycles. The lowest BCUT2D eigenvalue weighted by Crippen LogP contribution is -2.56. The van der Waals surface area contributed by atoms with Crippen LogP contribution in [0.3, 0.4) is 0 Å². The van der Waals surface area contributed by atoms with Crippen molar-refractivity contribution < 1.29 is 35.5 Å². The summed E-state index contributed by atoms with van der Waals surface area (Å²) in [6, 6.07) is -3.70. The van der Waals surface area contributed by atoms with Gasteiger partial charge in [0, 0.05) is 0 Å². The van der Waals surface area contributed by atoms with Crippen LogP contribution in [-0.4, -0.2) is 23.3 Å². The molecule has 1 nitrogen and oxygen atoms in total. The molecule has 0 atom stereocenters. The van der Waals surface area contributed by atoms with E-state index in [1.54, 1.807) is 0 Å². The highest BCUT2D eigenvalue weighted by molar-refractivity contribution is 6.35. The van der Waals surface area contributed by atoms with Gasteiger partial charge in [0.05, 0.1) is 0 Å². The normalized spacial score (nSPS) is 14.5. The molecule has 0 amide bonds.